The second-order valence-electron chi connectivity index (χ2n) is 10.7. The van der Waals surface area contributed by atoms with E-state index in [1.54, 1.807) is 14.1 Å². The zero-order valence-corrected chi connectivity index (χ0v) is 22.0. The van der Waals surface area contributed by atoms with E-state index in [1.165, 1.54) is 4.90 Å². The van der Waals surface area contributed by atoms with Gasteiger partial charge in [-0.2, -0.15) is 0 Å². The van der Waals surface area contributed by atoms with E-state index in [0.29, 0.717) is 0 Å². The molecule has 0 saturated heterocycles. The number of primary amides is 1. The van der Waals surface area contributed by atoms with Gasteiger partial charge in [-0.05, 0) is 0 Å². The van der Waals surface area contributed by atoms with Crippen LogP contribution >= 0.6 is 0 Å². The number of fused-ring (bicyclic) bond motifs is 3. The minimum absolute atomic E-state index is 0.00905. The van der Waals surface area contributed by atoms with Gasteiger partial charge in [0.05, 0.1) is 0 Å². The van der Waals surface area contributed by atoms with Gasteiger partial charge < -0.3 is 0 Å². The van der Waals surface area contributed by atoms with Crippen LogP contribution in [0.2, 0.25) is 0 Å². The van der Waals surface area contributed by atoms with Crippen molar-refractivity contribution in [2.24, 2.45) is 17.6 Å². The van der Waals surface area contributed by atoms with E-state index in [2.05, 4.69) is 10.6 Å². The summed E-state index contributed by atoms with van der Waals surface area (Å²) in [7, 11) is 9.23. The fourth-order valence-electron chi connectivity index (χ4n) is 5.95. The number of likely N-dealkylation sites (N-methyl/N-ethyl adjacent to an activating group) is 1. The number of halogens is 1. The predicted molar refractivity (Wildman–Crippen MR) is 142 cm³/mol. The van der Waals surface area contributed by atoms with Gasteiger partial charge in [0, 0.05) is 6.04 Å². The first-order valence-electron chi connectivity index (χ1n) is 12.4. The Hall–Kier alpha value is -3.55. The van der Waals surface area contributed by atoms with E-state index in [4.69, 9.17) is 13.2 Å². The van der Waals surface area contributed by atoms with Crippen molar-refractivity contribution in [2.45, 2.75) is 44.4 Å². The number of nitrogens with two attached hydrogens (primary N) is 1. The Kier molecular flexibility index (Phi) is 7.22. The van der Waals surface area contributed by atoms with Crippen LogP contribution in [0.25, 0.3) is 5.76 Å². The molecule has 3 aliphatic rings. The number of phenolic OH excluding ortho intramolecular Hbond substituents is 1. The molecule has 0 unspecified atom stereocenters. The maximum absolute atomic E-state index is 15.3. The number of hydrogen-bond acceptors (Lipinski definition) is 9. The molecule has 4 atom stereocenters. The predicted octanol–water partition coefficient (Wildman–Crippen LogP) is -0.189. The van der Waals surface area contributed by atoms with Crippen LogP contribution in [0.4, 0.5) is 10.1 Å². The molecule has 1 fully saturated rings. The monoisotopic (exact) mass is 541 g/mol. The van der Waals surface area contributed by atoms with Crippen LogP contribution in [-0.2, 0) is 20.8 Å². The standard InChI is InChI=1S/C26H31BFN4O7/c1-9(2)30-8-15(33)31-14-7-13(28)11-5-10-6-12-19(32(3)4)22(36)18(25(29)38)23(27)26(12,39)24(37)16(10)21(35)17(11)20(14)34/h7,9-10,12,19,30,34-36,39H,5-6,8H2,1-4H3,(H2,29,38)(H,31,33)/t10-,12-,19-,26+/m0/s1. The number of phenols is 1. The van der Waals surface area contributed by atoms with Crippen molar-refractivity contribution in [1.82, 2.24) is 10.2 Å². The van der Waals surface area contributed by atoms with Gasteiger partial charge in [-0.1, -0.05) is 13.8 Å². The Morgan fingerprint density at radius 3 is 2.49 bits per heavy atom. The Balaban J connectivity index is 1.84. The molecule has 13 heteroatoms. The first-order valence-corrected chi connectivity index (χ1v) is 12.4. The zero-order chi connectivity index (χ0) is 29.1. The number of nitrogens with zero attached hydrogens (tertiary/aromatic N) is 1. The van der Waals surface area contributed by atoms with Gasteiger partial charge in [-0.3, -0.25) is 0 Å². The van der Waals surface area contributed by atoms with Crippen molar-refractivity contribution in [1.29, 1.82) is 0 Å². The van der Waals surface area contributed by atoms with Gasteiger partial charge >= 0.3 is 205 Å². The second kappa shape index (κ2) is 9.89. The van der Waals surface area contributed by atoms with E-state index in [-0.39, 0.29) is 42.3 Å². The van der Waals surface area contributed by atoms with Gasteiger partial charge in [-0.15, -0.1) is 0 Å². The Labute approximate surface area is 225 Å². The van der Waals surface area contributed by atoms with Crippen molar-refractivity contribution in [3.8, 4) is 5.75 Å². The quantitative estimate of drug-likeness (QED) is 0.189. The molecule has 3 aliphatic carbocycles. The zero-order valence-electron chi connectivity index (χ0n) is 22.0. The van der Waals surface area contributed by atoms with Crippen molar-refractivity contribution in [3.05, 3.63) is 39.9 Å². The topological polar surface area (TPSA) is 185 Å². The number of carbonyl (C=O) groups is 3. The number of hydrogen-bond donors (Lipinski definition) is 7. The fraction of sp³-hybridized carbons (Fsp3) is 0.462. The third kappa shape index (κ3) is 4.34. The first kappa shape index (κ1) is 28.5. The molecule has 1 saturated carbocycles. The molecule has 2 amide bonds. The summed E-state index contributed by atoms with van der Waals surface area (Å²) in [6.07, 6.45) is -0.178. The Bertz CT molecular complexity index is 1370. The summed E-state index contributed by atoms with van der Waals surface area (Å²) in [4.78, 5) is 39.8. The molecule has 1 aromatic rings. The average Bonchev–Trinajstić information content (AvgIpc) is 2.82. The molecular weight excluding hydrogens is 510 g/mol. The van der Waals surface area contributed by atoms with E-state index in [1.807, 2.05) is 13.8 Å². The summed E-state index contributed by atoms with van der Waals surface area (Å²) < 4.78 is 15.3. The van der Waals surface area contributed by atoms with Gasteiger partial charge in [-0.25, -0.2) is 0 Å². The summed E-state index contributed by atoms with van der Waals surface area (Å²) in [5.41, 5.74) is 0.533. The van der Waals surface area contributed by atoms with Crippen molar-refractivity contribution < 1.29 is 39.2 Å². The summed E-state index contributed by atoms with van der Waals surface area (Å²) in [6, 6.07) is -0.122. The van der Waals surface area contributed by atoms with Crippen LogP contribution in [0.5, 0.6) is 5.75 Å². The molecule has 39 heavy (non-hydrogen) atoms. The van der Waals surface area contributed by atoms with Crippen molar-refractivity contribution in [2.75, 3.05) is 26.0 Å². The van der Waals surface area contributed by atoms with E-state index < -0.39 is 80.8 Å². The molecule has 0 aromatic heterocycles. The normalized spacial score (nSPS) is 26.5. The number of aliphatic hydroxyl groups is 3. The van der Waals surface area contributed by atoms with E-state index in [0.717, 1.165) is 6.07 Å². The van der Waals surface area contributed by atoms with Crippen molar-refractivity contribution in [3.63, 3.8) is 0 Å². The summed E-state index contributed by atoms with van der Waals surface area (Å²) in [5, 5.41) is 50.1. The number of aliphatic hydroxyl groups excluding tert-OH is 2. The molecule has 1 radical (unpaired) electrons. The second-order valence-corrected chi connectivity index (χ2v) is 10.7. The first-order chi connectivity index (χ1) is 18.1. The van der Waals surface area contributed by atoms with Gasteiger partial charge in [0.25, 0.3) is 0 Å². The molecule has 0 bridgehead atoms. The van der Waals surface area contributed by atoms with Crippen LogP contribution < -0.4 is 16.4 Å². The number of ketones is 1. The van der Waals surface area contributed by atoms with E-state index >= 15 is 4.39 Å². The molecule has 8 N–H and O–H groups in total. The minimum atomic E-state index is -2.54. The SMILES string of the molecule is [B]=C1C(C(N)=O)=C(O)[C@@H](N(C)C)[C@@H]2C[C@@H]3Cc4c(F)cc(NC(=O)CNC(C)C)c(O)c4C(O)=C3C(=O)[C@]12O. The number of rotatable bonds is 6. The van der Waals surface area contributed by atoms with Gasteiger partial charge in [0.2, 0.25) is 0 Å². The summed E-state index contributed by atoms with van der Waals surface area (Å²) in [5.74, 6) is -7.45. The number of benzene rings is 1. The molecular formula is C26H31BFN4O7. The molecule has 0 spiro atoms. The molecule has 207 valence electrons. The number of aromatic hydroxyl groups is 1. The van der Waals surface area contributed by atoms with Crippen LogP contribution in [0.1, 0.15) is 31.4 Å². The third-order valence-corrected chi connectivity index (χ3v) is 7.71. The molecule has 0 heterocycles. The number of amides is 2. The Morgan fingerprint density at radius 1 is 1.28 bits per heavy atom. The molecule has 1 aromatic carbocycles. The van der Waals surface area contributed by atoms with Gasteiger partial charge in [0.1, 0.15) is 0 Å². The average molecular weight is 541 g/mol. The van der Waals surface area contributed by atoms with Crippen molar-refractivity contribution >= 4 is 42.0 Å². The fourth-order valence-corrected chi connectivity index (χ4v) is 5.95. The molecule has 11 nitrogen and oxygen atoms in total. The van der Waals surface area contributed by atoms with E-state index in [9.17, 15) is 34.8 Å². The third-order valence-electron chi connectivity index (χ3n) is 7.71. The van der Waals surface area contributed by atoms with Crippen LogP contribution in [0.15, 0.2) is 23.0 Å². The number of carbonyl (C=O) groups excluding carboxylic acids is 3. The number of nitrogens with one attached hydrogen (secondary N) is 2. The van der Waals surface area contributed by atoms with Crippen LogP contribution in [0.3, 0.4) is 0 Å². The number of Topliss-reactive ketones (excluding diaryl/α,β-unsaturated/α-hetero) is 1. The Morgan fingerprint density at radius 2 is 1.92 bits per heavy atom. The molecule has 0 aliphatic heterocycles. The number of anilines is 1. The van der Waals surface area contributed by atoms with Crippen LogP contribution in [-0.4, -0.2) is 94.2 Å². The van der Waals surface area contributed by atoms with Gasteiger partial charge in [0.15, 0.2) is 0 Å². The summed E-state index contributed by atoms with van der Waals surface area (Å²) in [6.45, 7) is 3.53. The maximum atomic E-state index is 15.3. The van der Waals surface area contributed by atoms with Crippen LogP contribution in [0, 0.1) is 17.7 Å². The molecule has 4 rings (SSSR count). The summed E-state index contributed by atoms with van der Waals surface area (Å²) >= 11 is 0.